The zero-order valence-corrected chi connectivity index (χ0v) is 12.8. The average Bonchev–Trinajstić information content (AvgIpc) is 2.39. The fourth-order valence-electron chi connectivity index (χ4n) is 2.05. The second kappa shape index (κ2) is 6.00. The van der Waals surface area contributed by atoms with Crippen molar-refractivity contribution in [2.24, 2.45) is 0 Å². The van der Waals surface area contributed by atoms with E-state index in [4.69, 9.17) is 0 Å². The largest absolute Gasteiger partial charge is 0.283 e. The van der Waals surface area contributed by atoms with E-state index in [2.05, 4.69) is 4.72 Å². The molecule has 0 bridgehead atoms. The molecule has 2 aromatic carbocycles. The number of halogens is 3. The highest BCUT2D eigenvalue weighted by Crippen LogP contribution is 2.26. The number of anilines is 1. The molecule has 0 unspecified atom stereocenters. The first-order valence-corrected chi connectivity index (χ1v) is 8.26. The summed E-state index contributed by atoms with van der Waals surface area (Å²) in [6, 6.07) is 6.30. The summed E-state index contributed by atoms with van der Waals surface area (Å²) >= 11 is 0. The van der Waals surface area contributed by atoms with E-state index in [0.717, 1.165) is 18.4 Å². The molecule has 0 radical (unpaired) electrons. The molecule has 0 heterocycles. The molecule has 7 heteroatoms. The van der Waals surface area contributed by atoms with Gasteiger partial charge in [-0.2, -0.15) is 0 Å². The number of nitrogens with one attached hydrogen (secondary N) is 1. The Balaban J connectivity index is 2.50. The van der Waals surface area contributed by atoms with Gasteiger partial charge in [0.1, 0.15) is 5.82 Å². The van der Waals surface area contributed by atoms with Crippen molar-refractivity contribution in [1.29, 1.82) is 0 Å². The Labute approximate surface area is 126 Å². The smallest absolute Gasteiger partial charge is 0.229 e. The van der Waals surface area contributed by atoms with Crippen molar-refractivity contribution in [3.05, 3.63) is 64.5 Å². The van der Waals surface area contributed by atoms with Crippen LogP contribution in [0.5, 0.6) is 0 Å². The van der Waals surface area contributed by atoms with E-state index in [1.165, 1.54) is 12.1 Å². The van der Waals surface area contributed by atoms with Crippen LogP contribution in [0.1, 0.15) is 16.7 Å². The number of hydrogen-bond donors (Lipinski definition) is 1. The number of sulfonamides is 1. The van der Waals surface area contributed by atoms with Gasteiger partial charge in [-0.3, -0.25) is 4.72 Å². The quantitative estimate of drug-likeness (QED) is 0.935. The Morgan fingerprint density at radius 2 is 1.73 bits per heavy atom. The van der Waals surface area contributed by atoms with Crippen molar-refractivity contribution >= 4 is 15.7 Å². The molecule has 3 nitrogen and oxygen atoms in total. The molecule has 22 heavy (non-hydrogen) atoms. The van der Waals surface area contributed by atoms with Crippen LogP contribution in [0.3, 0.4) is 0 Å². The molecule has 0 aromatic heterocycles. The highest BCUT2D eigenvalue weighted by atomic mass is 32.2. The third kappa shape index (κ3) is 3.79. The molecule has 0 atom stereocenters. The van der Waals surface area contributed by atoms with E-state index >= 15 is 0 Å². The number of aryl methyl sites for hydroxylation is 1. The molecule has 0 aliphatic heterocycles. The fourth-order valence-corrected chi connectivity index (χ4v) is 2.64. The highest BCUT2D eigenvalue weighted by Gasteiger charge is 2.17. The molecular formula is C15H14F3NO2S. The Morgan fingerprint density at radius 1 is 1.05 bits per heavy atom. The van der Waals surface area contributed by atoms with Crippen LogP contribution in [0.15, 0.2) is 30.3 Å². The van der Waals surface area contributed by atoms with Gasteiger partial charge in [-0.25, -0.2) is 21.6 Å². The molecule has 0 amide bonds. The lowest BCUT2D eigenvalue weighted by molar-refractivity contribution is 0.500. The molecule has 0 aliphatic rings. The van der Waals surface area contributed by atoms with Gasteiger partial charge in [0.2, 0.25) is 10.0 Å². The van der Waals surface area contributed by atoms with Gasteiger partial charge in [0.25, 0.3) is 0 Å². The molecule has 0 aliphatic carbocycles. The van der Waals surface area contributed by atoms with Crippen molar-refractivity contribution in [2.75, 3.05) is 11.0 Å². The Kier molecular flexibility index (Phi) is 4.46. The summed E-state index contributed by atoms with van der Waals surface area (Å²) < 4.78 is 66.0. The van der Waals surface area contributed by atoms with Crippen LogP contribution >= 0.6 is 0 Å². The fraction of sp³-hybridized carbons (Fsp3) is 0.200. The van der Waals surface area contributed by atoms with E-state index in [1.54, 1.807) is 13.0 Å². The summed E-state index contributed by atoms with van der Waals surface area (Å²) in [4.78, 5) is 0. The first-order valence-electron chi connectivity index (χ1n) is 6.37. The van der Waals surface area contributed by atoms with Gasteiger partial charge >= 0.3 is 0 Å². The van der Waals surface area contributed by atoms with Crippen molar-refractivity contribution < 1.29 is 21.6 Å². The van der Waals surface area contributed by atoms with Gasteiger partial charge < -0.3 is 0 Å². The molecular weight excluding hydrogens is 315 g/mol. The Bertz CT molecular complexity index is 820. The molecule has 2 aromatic rings. The van der Waals surface area contributed by atoms with E-state index < -0.39 is 27.5 Å². The Morgan fingerprint density at radius 3 is 2.32 bits per heavy atom. The lowest BCUT2D eigenvalue weighted by atomic mass is 10.0. The van der Waals surface area contributed by atoms with E-state index in [1.807, 2.05) is 0 Å². The predicted molar refractivity (Wildman–Crippen MR) is 78.8 cm³/mol. The van der Waals surface area contributed by atoms with Crippen LogP contribution in [-0.4, -0.2) is 14.7 Å². The van der Waals surface area contributed by atoms with Crippen LogP contribution in [-0.2, 0) is 16.4 Å². The minimum absolute atomic E-state index is 0.110. The monoisotopic (exact) mass is 329 g/mol. The summed E-state index contributed by atoms with van der Waals surface area (Å²) in [6.45, 7) is 1.70. The average molecular weight is 329 g/mol. The maximum atomic E-state index is 14.0. The lowest BCUT2D eigenvalue weighted by Crippen LogP contribution is -2.13. The first kappa shape index (κ1) is 16.4. The topological polar surface area (TPSA) is 46.2 Å². The van der Waals surface area contributed by atoms with Gasteiger partial charge in [-0.1, -0.05) is 12.1 Å². The van der Waals surface area contributed by atoms with Crippen LogP contribution < -0.4 is 4.72 Å². The third-order valence-corrected chi connectivity index (χ3v) is 3.66. The molecule has 1 N–H and O–H groups in total. The van der Waals surface area contributed by atoms with Gasteiger partial charge in [-0.05, 0) is 36.2 Å². The second-order valence-electron chi connectivity index (χ2n) is 5.03. The van der Waals surface area contributed by atoms with Crippen LogP contribution in [0.25, 0.3) is 0 Å². The lowest BCUT2D eigenvalue weighted by Gasteiger charge is -2.13. The zero-order chi connectivity index (χ0) is 16.5. The maximum absolute atomic E-state index is 14.0. The summed E-state index contributed by atoms with van der Waals surface area (Å²) in [5, 5.41) is 0. The van der Waals surface area contributed by atoms with Crippen LogP contribution in [0, 0.1) is 24.4 Å². The molecule has 0 saturated heterocycles. The summed E-state index contributed by atoms with van der Waals surface area (Å²) in [5.41, 5.74) is 0.483. The minimum atomic E-state index is -3.67. The van der Waals surface area contributed by atoms with Crippen molar-refractivity contribution in [2.45, 2.75) is 13.3 Å². The van der Waals surface area contributed by atoms with Crippen LogP contribution in [0.4, 0.5) is 18.9 Å². The number of hydrogen-bond acceptors (Lipinski definition) is 2. The predicted octanol–water partition coefficient (Wildman–Crippen LogP) is 3.37. The van der Waals surface area contributed by atoms with Gasteiger partial charge in [0, 0.05) is 12.0 Å². The normalized spacial score (nSPS) is 11.5. The third-order valence-electron chi connectivity index (χ3n) is 3.07. The van der Waals surface area contributed by atoms with Gasteiger partial charge in [0.15, 0.2) is 11.6 Å². The van der Waals surface area contributed by atoms with Crippen molar-refractivity contribution in [3.8, 4) is 0 Å². The van der Waals surface area contributed by atoms with Crippen molar-refractivity contribution in [3.63, 3.8) is 0 Å². The highest BCUT2D eigenvalue weighted by molar-refractivity contribution is 7.92. The van der Waals surface area contributed by atoms with E-state index in [-0.39, 0.29) is 23.2 Å². The van der Waals surface area contributed by atoms with E-state index in [0.29, 0.717) is 5.56 Å². The SMILES string of the molecule is Cc1ccc(Cc2c(NS(C)(=O)=O)ccc(F)c2F)c(F)c1. The minimum Gasteiger partial charge on any atom is -0.283 e. The summed E-state index contributed by atoms with van der Waals surface area (Å²) in [6.07, 6.45) is 0.623. The molecule has 0 fully saturated rings. The van der Waals surface area contributed by atoms with Crippen LogP contribution in [0.2, 0.25) is 0 Å². The molecule has 0 saturated carbocycles. The Hall–Kier alpha value is -2.02. The molecule has 2 rings (SSSR count). The van der Waals surface area contributed by atoms with Gasteiger partial charge in [-0.15, -0.1) is 0 Å². The molecule has 118 valence electrons. The summed E-state index contributed by atoms with van der Waals surface area (Å²) in [5.74, 6) is -2.89. The van der Waals surface area contributed by atoms with Gasteiger partial charge in [0.05, 0.1) is 11.9 Å². The van der Waals surface area contributed by atoms with Crippen molar-refractivity contribution in [1.82, 2.24) is 0 Å². The zero-order valence-electron chi connectivity index (χ0n) is 12.0. The standard InChI is InChI=1S/C15H14F3NO2S/c1-9-3-4-10(13(17)7-9)8-11-14(19-22(2,20)21)6-5-12(16)15(11)18/h3-7,19H,8H2,1-2H3. The summed E-state index contributed by atoms with van der Waals surface area (Å²) in [7, 11) is -3.67. The number of rotatable bonds is 4. The second-order valence-corrected chi connectivity index (χ2v) is 6.78. The number of benzene rings is 2. The van der Waals surface area contributed by atoms with E-state index in [9.17, 15) is 21.6 Å². The maximum Gasteiger partial charge on any atom is 0.229 e. The first-order chi connectivity index (χ1) is 10.2. The molecule has 0 spiro atoms.